The molecular weight excluding hydrogens is 360 g/mol. The minimum absolute atomic E-state index is 0.154. The zero-order chi connectivity index (χ0) is 19.4. The maximum Gasteiger partial charge on any atom is 0.345 e. The number of aromatic nitrogens is 1. The minimum Gasteiger partial charge on any atom is -0.454 e. The minimum atomic E-state index is -0.979. The predicted octanol–water partition coefficient (Wildman–Crippen LogP) is 3.89. The summed E-state index contributed by atoms with van der Waals surface area (Å²) in [4.78, 5) is 34.9. The molecule has 0 fully saturated rings. The molecule has 0 amide bonds. The average molecular weight is 377 g/mol. The van der Waals surface area contributed by atoms with Gasteiger partial charge in [-0.3, -0.25) is 14.9 Å². The van der Waals surface area contributed by atoms with Crippen molar-refractivity contribution < 1.29 is 19.2 Å². The van der Waals surface area contributed by atoms with E-state index < -0.39 is 29.0 Å². The van der Waals surface area contributed by atoms with Crippen molar-refractivity contribution in [2.75, 3.05) is 6.61 Å². The van der Waals surface area contributed by atoms with Gasteiger partial charge in [0.1, 0.15) is 5.56 Å². The van der Waals surface area contributed by atoms with Gasteiger partial charge in [0.05, 0.1) is 4.92 Å². The van der Waals surface area contributed by atoms with Crippen molar-refractivity contribution in [3.05, 3.63) is 74.6 Å². The molecule has 1 aromatic carbocycles. The first-order valence-electron chi connectivity index (χ1n) is 7.68. The third-order valence-electron chi connectivity index (χ3n) is 3.90. The fourth-order valence-corrected chi connectivity index (χ4v) is 2.78. The number of hydrogen-bond donors (Lipinski definition) is 0. The molecule has 1 heterocycles. The maximum atomic E-state index is 12.4. The number of rotatable bonds is 7. The van der Waals surface area contributed by atoms with E-state index in [1.807, 2.05) is 11.5 Å². The van der Waals surface area contributed by atoms with Crippen molar-refractivity contribution in [2.45, 2.75) is 20.4 Å². The molecule has 136 valence electrons. The topological polar surface area (TPSA) is 91.4 Å². The second-order valence-electron chi connectivity index (χ2n) is 5.60. The largest absolute Gasteiger partial charge is 0.454 e. The molecule has 0 radical (unpaired) electrons. The number of carbonyl (C=O) groups is 2. The van der Waals surface area contributed by atoms with E-state index in [1.165, 1.54) is 6.07 Å². The zero-order valence-electron chi connectivity index (χ0n) is 14.3. The van der Waals surface area contributed by atoms with Crippen LogP contribution in [0.3, 0.4) is 0 Å². The van der Waals surface area contributed by atoms with Crippen LogP contribution >= 0.6 is 11.6 Å². The van der Waals surface area contributed by atoms with E-state index in [-0.39, 0.29) is 10.6 Å². The van der Waals surface area contributed by atoms with Crippen LogP contribution in [0.15, 0.2) is 36.9 Å². The summed E-state index contributed by atoms with van der Waals surface area (Å²) in [6.07, 6.45) is 1.71. The first-order chi connectivity index (χ1) is 12.3. The van der Waals surface area contributed by atoms with Crippen LogP contribution in [-0.2, 0) is 11.3 Å². The number of ketones is 1. The van der Waals surface area contributed by atoms with Crippen LogP contribution < -0.4 is 0 Å². The van der Waals surface area contributed by atoms with Gasteiger partial charge in [0.15, 0.2) is 6.61 Å². The van der Waals surface area contributed by atoms with Crippen LogP contribution in [0.4, 0.5) is 5.69 Å². The van der Waals surface area contributed by atoms with Gasteiger partial charge in [0.2, 0.25) is 5.78 Å². The Morgan fingerprint density at radius 3 is 2.62 bits per heavy atom. The van der Waals surface area contributed by atoms with Crippen LogP contribution in [-0.4, -0.2) is 27.8 Å². The van der Waals surface area contributed by atoms with E-state index in [0.717, 1.165) is 23.5 Å². The van der Waals surface area contributed by atoms with E-state index in [2.05, 4.69) is 6.58 Å². The lowest BCUT2D eigenvalue weighted by Gasteiger charge is -2.07. The maximum absolute atomic E-state index is 12.4. The van der Waals surface area contributed by atoms with Crippen molar-refractivity contribution in [2.24, 2.45) is 0 Å². The van der Waals surface area contributed by atoms with E-state index in [0.29, 0.717) is 12.1 Å². The van der Waals surface area contributed by atoms with Gasteiger partial charge >= 0.3 is 5.97 Å². The summed E-state index contributed by atoms with van der Waals surface area (Å²) in [6.45, 7) is 7.34. The summed E-state index contributed by atoms with van der Waals surface area (Å²) in [5.74, 6) is -1.38. The smallest absolute Gasteiger partial charge is 0.345 e. The summed E-state index contributed by atoms with van der Waals surface area (Å²) >= 11 is 5.79. The quantitative estimate of drug-likeness (QED) is 0.240. The Hall–Kier alpha value is -2.93. The molecule has 2 rings (SSSR count). The molecule has 2 aromatic rings. The van der Waals surface area contributed by atoms with Crippen molar-refractivity contribution in [3.8, 4) is 0 Å². The number of Topliss-reactive ketones (excluding diaryl/α,β-unsaturated/α-hetero) is 1. The number of hydrogen-bond acceptors (Lipinski definition) is 5. The predicted molar refractivity (Wildman–Crippen MR) is 96.8 cm³/mol. The van der Waals surface area contributed by atoms with Gasteiger partial charge in [-0.05, 0) is 32.0 Å². The molecule has 0 unspecified atom stereocenters. The number of aryl methyl sites for hydroxylation is 1. The lowest BCUT2D eigenvalue weighted by molar-refractivity contribution is -0.385. The van der Waals surface area contributed by atoms with E-state index in [9.17, 15) is 19.7 Å². The highest BCUT2D eigenvalue weighted by molar-refractivity contribution is 6.31. The second-order valence-corrected chi connectivity index (χ2v) is 6.04. The van der Waals surface area contributed by atoms with Gasteiger partial charge in [-0.15, -0.1) is 6.58 Å². The molecule has 0 saturated heterocycles. The van der Waals surface area contributed by atoms with Gasteiger partial charge in [-0.25, -0.2) is 4.79 Å². The molecule has 0 N–H and O–H groups in total. The number of benzene rings is 1. The van der Waals surface area contributed by atoms with Gasteiger partial charge < -0.3 is 9.30 Å². The number of nitro benzene ring substituents is 1. The van der Waals surface area contributed by atoms with Gasteiger partial charge in [-0.2, -0.15) is 0 Å². The normalized spacial score (nSPS) is 10.4. The Balaban J connectivity index is 2.17. The van der Waals surface area contributed by atoms with Crippen LogP contribution in [0.1, 0.15) is 32.1 Å². The first-order valence-corrected chi connectivity index (χ1v) is 8.06. The van der Waals surface area contributed by atoms with E-state index >= 15 is 0 Å². The Morgan fingerprint density at radius 1 is 1.31 bits per heavy atom. The summed E-state index contributed by atoms with van der Waals surface area (Å²) in [5, 5.41) is 11.2. The Kier molecular flexibility index (Phi) is 5.94. The van der Waals surface area contributed by atoms with E-state index in [4.69, 9.17) is 16.3 Å². The van der Waals surface area contributed by atoms with Crippen LogP contribution in [0.5, 0.6) is 0 Å². The summed E-state index contributed by atoms with van der Waals surface area (Å²) in [7, 11) is 0. The van der Waals surface area contributed by atoms with E-state index in [1.54, 1.807) is 19.1 Å². The second kappa shape index (κ2) is 7.97. The monoisotopic (exact) mass is 376 g/mol. The Bertz CT molecular complexity index is 901. The standard InChI is InChI=1S/C18H17ClN2O5/c1-4-7-20-11(2)8-14(12(20)3)17(22)10-26-18(23)15-9-13(19)5-6-16(15)21(24)25/h4-6,8-9H,1,7,10H2,2-3H3. The van der Waals surface area contributed by atoms with Gasteiger partial charge in [0.25, 0.3) is 5.69 Å². The number of carbonyl (C=O) groups excluding carboxylic acids is 2. The van der Waals surface area contributed by atoms with Crippen molar-refractivity contribution in [3.63, 3.8) is 0 Å². The zero-order valence-corrected chi connectivity index (χ0v) is 15.1. The average Bonchev–Trinajstić information content (AvgIpc) is 2.87. The van der Waals surface area contributed by atoms with Crippen LogP contribution in [0, 0.1) is 24.0 Å². The molecule has 7 nitrogen and oxygen atoms in total. The fourth-order valence-electron chi connectivity index (χ4n) is 2.61. The molecule has 0 spiro atoms. The Labute approximate surface area is 155 Å². The molecule has 1 aromatic heterocycles. The molecule has 0 aliphatic rings. The molecule has 0 aliphatic heterocycles. The number of esters is 1. The lowest BCUT2D eigenvalue weighted by atomic mass is 10.1. The highest BCUT2D eigenvalue weighted by Crippen LogP contribution is 2.24. The number of ether oxygens (including phenoxy) is 1. The highest BCUT2D eigenvalue weighted by Gasteiger charge is 2.23. The summed E-state index contributed by atoms with van der Waals surface area (Å²) < 4.78 is 6.88. The van der Waals surface area contributed by atoms with Gasteiger partial charge in [0, 0.05) is 34.6 Å². The van der Waals surface area contributed by atoms with Crippen LogP contribution in [0.25, 0.3) is 0 Å². The third-order valence-corrected chi connectivity index (χ3v) is 4.13. The molecule has 8 heteroatoms. The van der Waals surface area contributed by atoms with Gasteiger partial charge in [-0.1, -0.05) is 17.7 Å². The first kappa shape index (κ1) is 19.4. The molecule has 0 saturated carbocycles. The Morgan fingerprint density at radius 2 is 2.00 bits per heavy atom. The molecule has 0 bridgehead atoms. The van der Waals surface area contributed by atoms with Crippen LogP contribution in [0.2, 0.25) is 5.02 Å². The lowest BCUT2D eigenvalue weighted by Crippen LogP contribution is -2.16. The number of nitro groups is 1. The SMILES string of the molecule is C=CCn1c(C)cc(C(=O)COC(=O)c2cc(Cl)ccc2[N+](=O)[O-])c1C. The van der Waals surface area contributed by atoms with Crippen molar-refractivity contribution in [1.82, 2.24) is 4.57 Å². The fraction of sp³-hybridized carbons (Fsp3) is 0.222. The number of allylic oxidation sites excluding steroid dienone is 1. The summed E-state index contributed by atoms with van der Waals surface area (Å²) in [6, 6.07) is 5.26. The number of halogens is 1. The van der Waals surface area contributed by atoms with Crippen molar-refractivity contribution >= 4 is 29.0 Å². The highest BCUT2D eigenvalue weighted by atomic mass is 35.5. The number of nitrogens with zero attached hydrogens (tertiary/aromatic N) is 2. The third kappa shape index (κ3) is 4.00. The van der Waals surface area contributed by atoms with Crippen molar-refractivity contribution in [1.29, 1.82) is 0 Å². The molecule has 0 aliphatic carbocycles. The molecule has 0 atom stereocenters. The molecule has 26 heavy (non-hydrogen) atoms. The molecular formula is C18H17ClN2O5. The summed E-state index contributed by atoms with van der Waals surface area (Å²) in [5.41, 5.74) is 1.31.